The van der Waals surface area contributed by atoms with Crippen molar-refractivity contribution in [3.05, 3.63) is 58.6 Å². The van der Waals surface area contributed by atoms with Gasteiger partial charge in [0.05, 0.1) is 10.6 Å². The molecule has 0 aliphatic carbocycles. The van der Waals surface area contributed by atoms with Gasteiger partial charge in [-0.2, -0.15) is 5.26 Å². The Bertz CT molecular complexity index is 1070. The third kappa shape index (κ3) is 4.40. The molecule has 3 aliphatic rings. The summed E-state index contributed by atoms with van der Waals surface area (Å²) in [6.07, 6.45) is 2.32. The number of piperazine rings is 1. The van der Waals surface area contributed by atoms with Gasteiger partial charge in [0.1, 0.15) is 6.07 Å². The van der Waals surface area contributed by atoms with Crippen molar-refractivity contribution in [3.8, 4) is 6.07 Å². The normalized spacial score (nSPS) is 23.4. The minimum absolute atomic E-state index is 0.139. The Kier molecular flexibility index (Phi) is 5.94. The summed E-state index contributed by atoms with van der Waals surface area (Å²) in [5, 5.41) is 9.65. The first-order valence-corrected chi connectivity index (χ1v) is 12.1. The summed E-state index contributed by atoms with van der Waals surface area (Å²) in [6.45, 7) is 7.54. The Morgan fingerprint density at radius 3 is 2.12 bits per heavy atom. The van der Waals surface area contributed by atoms with Gasteiger partial charge in [0.25, 0.3) is 5.91 Å². The maximum absolute atomic E-state index is 12.8. The number of hydrogen-bond donors (Lipinski definition) is 0. The van der Waals surface area contributed by atoms with Gasteiger partial charge in [-0.05, 0) is 62.4 Å². The van der Waals surface area contributed by atoms with Crippen LogP contribution in [0.3, 0.4) is 0 Å². The molecule has 0 bridgehead atoms. The number of carbonyl (C=O) groups is 1. The van der Waals surface area contributed by atoms with Crippen molar-refractivity contribution in [1.82, 2.24) is 9.80 Å². The van der Waals surface area contributed by atoms with Gasteiger partial charge in [0.2, 0.25) is 0 Å². The van der Waals surface area contributed by atoms with Gasteiger partial charge >= 0.3 is 0 Å². The van der Waals surface area contributed by atoms with Crippen LogP contribution in [-0.2, 0) is 0 Å². The average Bonchev–Trinajstić information content (AvgIpc) is 3.46. The number of likely N-dealkylation sites (N-methyl/N-ethyl adjacent to an activating group) is 1. The molecule has 0 saturated carbocycles. The smallest absolute Gasteiger partial charge is 0.253 e. The van der Waals surface area contributed by atoms with Crippen LogP contribution in [0, 0.1) is 16.7 Å². The number of nitrogens with zero attached hydrogens (tertiary/aromatic N) is 5. The second-order valence-corrected chi connectivity index (χ2v) is 10.2. The van der Waals surface area contributed by atoms with Crippen molar-refractivity contribution in [2.45, 2.75) is 12.8 Å². The van der Waals surface area contributed by atoms with Crippen LogP contribution < -0.4 is 9.80 Å². The quantitative estimate of drug-likeness (QED) is 0.694. The first-order valence-electron chi connectivity index (χ1n) is 11.7. The fourth-order valence-electron chi connectivity index (χ4n) is 5.44. The molecule has 5 rings (SSSR count). The summed E-state index contributed by atoms with van der Waals surface area (Å²) < 4.78 is 0. The van der Waals surface area contributed by atoms with E-state index in [1.807, 2.05) is 35.2 Å². The van der Waals surface area contributed by atoms with Gasteiger partial charge in [-0.3, -0.25) is 4.79 Å². The standard InChI is InChI=1S/C26H30ClN5O/c1-29-12-14-30(15-13-29)25(33)20-2-5-22(6-3-20)31-10-8-26(18-31)9-11-32(19-26)23-7-4-21(17-28)24(27)16-23/h2-7,16H,8-15,18-19H2,1H3. The summed E-state index contributed by atoms with van der Waals surface area (Å²) in [5.41, 5.74) is 3.87. The Balaban J connectivity index is 1.22. The van der Waals surface area contributed by atoms with E-state index < -0.39 is 0 Å². The van der Waals surface area contributed by atoms with Crippen LogP contribution in [0.5, 0.6) is 0 Å². The van der Waals surface area contributed by atoms with Crippen LogP contribution in [0.2, 0.25) is 5.02 Å². The molecule has 3 fully saturated rings. The molecule has 3 saturated heterocycles. The van der Waals surface area contributed by atoms with E-state index in [0.29, 0.717) is 10.6 Å². The number of anilines is 2. The highest BCUT2D eigenvalue weighted by atomic mass is 35.5. The third-order valence-corrected chi connectivity index (χ3v) is 7.90. The lowest BCUT2D eigenvalue weighted by molar-refractivity contribution is 0.0664. The second kappa shape index (κ2) is 8.89. The van der Waals surface area contributed by atoms with Crippen molar-refractivity contribution in [3.63, 3.8) is 0 Å². The minimum Gasteiger partial charge on any atom is -0.371 e. The number of nitriles is 1. The Hall–Kier alpha value is -2.75. The van der Waals surface area contributed by atoms with Crippen LogP contribution in [0.25, 0.3) is 0 Å². The summed E-state index contributed by atoms with van der Waals surface area (Å²) in [7, 11) is 2.10. The van der Waals surface area contributed by atoms with Gasteiger partial charge in [-0.1, -0.05) is 11.6 Å². The molecule has 6 nitrogen and oxygen atoms in total. The molecule has 33 heavy (non-hydrogen) atoms. The number of amides is 1. The van der Waals surface area contributed by atoms with Crippen LogP contribution in [-0.4, -0.2) is 75.1 Å². The van der Waals surface area contributed by atoms with Crippen LogP contribution in [0.1, 0.15) is 28.8 Å². The van der Waals surface area contributed by atoms with E-state index in [1.54, 1.807) is 0 Å². The molecule has 0 aromatic heterocycles. The minimum atomic E-state index is 0.139. The molecule has 0 radical (unpaired) electrons. The number of halogens is 1. The summed E-state index contributed by atoms with van der Waals surface area (Å²) in [6, 6.07) is 16.1. The van der Waals surface area contributed by atoms with E-state index in [4.69, 9.17) is 16.9 Å². The SMILES string of the molecule is CN1CCN(C(=O)c2ccc(N3CCC4(CCN(c5ccc(C#N)c(Cl)c5)C4)C3)cc2)CC1. The van der Waals surface area contributed by atoms with Gasteiger partial charge in [-0.25, -0.2) is 0 Å². The van der Waals surface area contributed by atoms with E-state index >= 15 is 0 Å². The highest BCUT2D eigenvalue weighted by Gasteiger charge is 2.43. The highest BCUT2D eigenvalue weighted by molar-refractivity contribution is 6.32. The zero-order chi connectivity index (χ0) is 23.0. The molecule has 0 N–H and O–H groups in total. The van der Waals surface area contributed by atoms with Crippen molar-refractivity contribution in [2.24, 2.45) is 5.41 Å². The van der Waals surface area contributed by atoms with E-state index in [2.05, 4.69) is 39.9 Å². The molecule has 3 aliphatic heterocycles. The van der Waals surface area contributed by atoms with E-state index in [0.717, 1.165) is 76.5 Å². The van der Waals surface area contributed by atoms with E-state index in [9.17, 15) is 4.79 Å². The summed E-state index contributed by atoms with van der Waals surface area (Å²) >= 11 is 6.27. The fourth-order valence-corrected chi connectivity index (χ4v) is 5.66. The van der Waals surface area contributed by atoms with E-state index in [1.165, 1.54) is 5.69 Å². The topological polar surface area (TPSA) is 53.8 Å². The summed E-state index contributed by atoms with van der Waals surface area (Å²) in [4.78, 5) is 21.9. The molecule has 1 amide bonds. The second-order valence-electron chi connectivity index (χ2n) is 9.76. The lowest BCUT2D eigenvalue weighted by atomic mass is 9.86. The molecule has 3 heterocycles. The first-order chi connectivity index (χ1) is 16.0. The van der Waals surface area contributed by atoms with Crippen molar-refractivity contribution in [1.29, 1.82) is 5.26 Å². The third-order valence-electron chi connectivity index (χ3n) is 7.58. The monoisotopic (exact) mass is 463 g/mol. The highest BCUT2D eigenvalue weighted by Crippen LogP contribution is 2.43. The number of carbonyl (C=O) groups excluding carboxylic acids is 1. The van der Waals surface area contributed by atoms with Gasteiger partial charge < -0.3 is 19.6 Å². The molecular formula is C26H30ClN5O. The maximum atomic E-state index is 12.8. The maximum Gasteiger partial charge on any atom is 0.253 e. The van der Waals surface area contributed by atoms with Crippen molar-refractivity contribution < 1.29 is 4.79 Å². The Morgan fingerprint density at radius 2 is 1.52 bits per heavy atom. The lowest BCUT2D eigenvalue weighted by Crippen LogP contribution is -2.47. The zero-order valence-corrected chi connectivity index (χ0v) is 19.9. The lowest BCUT2D eigenvalue weighted by Gasteiger charge is -2.32. The Labute approximate surface area is 200 Å². The van der Waals surface area contributed by atoms with Gasteiger partial charge in [0.15, 0.2) is 0 Å². The molecule has 1 spiro atoms. The zero-order valence-electron chi connectivity index (χ0n) is 19.1. The largest absolute Gasteiger partial charge is 0.371 e. The number of benzene rings is 2. The van der Waals surface area contributed by atoms with Crippen molar-refractivity contribution in [2.75, 3.05) is 69.2 Å². The molecule has 1 atom stereocenters. The predicted molar refractivity (Wildman–Crippen MR) is 132 cm³/mol. The predicted octanol–water partition coefficient (Wildman–Crippen LogP) is 3.71. The number of hydrogen-bond acceptors (Lipinski definition) is 5. The molecule has 2 aromatic carbocycles. The fraction of sp³-hybridized carbons (Fsp3) is 0.462. The molecule has 2 aromatic rings. The van der Waals surface area contributed by atoms with Crippen LogP contribution >= 0.6 is 11.6 Å². The molecular weight excluding hydrogens is 434 g/mol. The number of rotatable bonds is 3. The molecule has 7 heteroatoms. The van der Waals surface area contributed by atoms with Crippen LogP contribution in [0.4, 0.5) is 11.4 Å². The van der Waals surface area contributed by atoms with Gasteiger partial charge in [-0.15, -0.1) is 0 Å². The average molecular weight is 464 g/mol. The molecule has 1 unspecified atom stereocenters. The Morgan fingerprint density at radius 1 is 0.909 bits per heavy atom. The van der Waals surface area contributed by atoms with Gasteiger partial charge in [0, 0.05) is 74.7 Å². The van der Waals surface area contributed by atoms with E-state index in [-0.39, 0.29) is 11.3 Å². The van der Waals surface area contributed by atoms with Crippen LogP contribution in [0.15, 0.2) is 42.5 Å². The van der Waals surface area contributed by atoms with Crippen molar-refractivity contribution >= 4 is 28.9 Å². The first kappa shape index (κ1) is 22.1. The summed E-state index contributed by atoms with van der Waals surface area (Å²) in [5.74, 6) is 0.139. The molecule has 172 valence electrons.